The molecule has 0 aliphatic rings. The standard InChI is InChI=1S/C11H10ClN3O/c1-16-10-3-2-7(12)4-8(10)9-5-15-11(13)6-14-9/h2-6H,1H3,(H2,13,15). The van der Waals surface area contributed by atoms with Crippen molar-refractivity contribution in [2.75, 3.05) is 12.8 Å². The van der Waals surface area contributed by atoms with Crippen LogP contribution in [0.2, 0.25) is 5.02 Å². The number of nitrogen functional groups attached to an aromatic ring is 1. The molecule has 1 aromatic carbocycles. The lowest BCUT2D eigenvalue weighted by Crippen LogP contribution is -1.94. The van der Waals surface area contributed by atoms with Gasteiger partial charge in [0, 0.05) is 10.6 Å². The Morgan fingerprint density at radius 2 is 2.06 bits per heavy atom. The molecule has 4 nitrogen and oxygen atoms in total. The molecule has 5 heteroatoms. The van der Waals surface area contributed by atoms with Gasteiger partial charge < -0.3 is 10.5 Å². The Morgan fingerprint density at radius 3 is 2.69 bits per heavy atom. The van der Waals surface area contributed by atoms with E-state index in [4.69, 9.17) is 22.1 Å². The van der Waals surface area contributed by atoms with Crippen LogP contribution in [0.25, 0.3) is 11.3 Å². The van der Waals surface area contributed by atoms with E-state index in [-0.39, 0.29) is 0 Å². The van der Waals surface area contributed by atoms with Crippen molar-refractivity contribution in [3.05, 3.63) is 35.6 Å². The number of anilines is 1. The topological polar surface area (TPSA) is 61.0 Å². The number of benzene rings is 1. The molecule has 1 heterocycles. The summed E-state index contributed by atoms with van der Waals surface area (Å²) in [5, 5.41) is 0.620. The van der Waals surface area contributed by atoms with Gasteiger partial charge in [-0.25, -0.2) is 4.98 Å². The molecule has 0 radical (unpaired) electrons. The molecule has 0 aliphatic heterocycles. The van der Waals surface area contributed by atoms with Crippen LogP contribution in [-0.2, 0) is 0 Å². The lowest BCUT2D eigenvalue weighted by molar-refractivity contribution is 0.416. The summed E-state index contributed by atoms with van der Waals surface area (Å²) in [6.07, 6.45) is 3.08. The summed E-state index contributed by atoms with van der Waals surface area (Å²) in [5.74, 6) is 1.08. The lowest BCUT2D eigenvalue weighted by Gasteiger charge is -2.07. The first-order valence-corrected chi connectivity index (χ1v) is 5.00. The zero-order valence-corrected chi connectivity index (χ0v) is 9.40. The van der Waals surface area contributed by atoms with E-state index < -0.39 is 0 Å². The van der Waals surface area contributed by atoms with E-state index >= 15 is 0 Å². The number of hydrogen-bond acceptors (Lipinski definition) is 4. The second-order valence-corrected chi connectivity index (χ2v) is 3.61. The van der Waals surface area contributed by atoms with Crippen molar-refractivity contribution in [1.29, 1.82) is 0 Å². The van der Waals surface area contributed by atoms with Crippen LogP contribution in [-0.4, -0.2) is 17.1 Å². The predicted octanol–water partition coefficient (Wildman–Crippen LogP) is 2.39. The highest BCUT2D eigenvalue weighted by Gasteiger charge is 2.08. The SMILES string of the molecule is COc1ccc(Cl)cc1-c1cnc(N)cn1. The molecule has 0 saturated heterocycles. The van der Waals surface area contributed by atoms with E-state index in [2.05, 4.69) is 9.97 Å². The van der Waals surface area contributed by atoms with Gasteiger partial charge in [-0.05, 0) is 18.2 Å². The summed E-state index contributed by atoms with van der Waals surface area (Å²) in [5.41, 5.74) is 6.94. The van der Waals surface area contributed by atoms with Gasteiger partial charge in [0.05, 0.1) is 25.2 Å². The first-order chi connectivity index (χ1) is 7.70. The largest absolute Gasteiger partial charge is 0.496 e. The third kappa shape index (κ3) is 2.06. The molecule has 16 heavy (non-hydrogen) atoms. The maximum absolute atomic E-state index is 5.93. The summed E-state index contributed by atoms with van der Waals surface area (Å²) in [6, 6.07) is 5.32. The molecule has 1 aromatic heterocycles. The minimum absolute atomic E-state index is 0.379. The van der Waals surface area contributed by atoms with E-state index in [1.807, 2.05) is 0 Å². The average molecular weight is 236 g/mol. The van der Waals surface area contributed by atoms with E-state index in [1.54, 1.807) is 31.5 Å². The number of nitrogens with two attached hydrogens (primary N) is 1. The molecule has 0 fully saturated rings. The fourth-order valence-corrected chi connectivity index (χ4v) is 1.53. The molecule has 0 aliphatic carbocycles. The maximum atomic E-state index is 5.93. The molecular formula is C11H10ClN3O. The molecule has 0 bridgehead atoms. The number of halogens is 1. The number of rotatable bonds is 2. The van der Waals surface area contributed by atoms with Gasteiger partial charge >= 0.3 is 0 Å². The highest BCUT2D eigenvalue weighted by Crippen LogP contribution is 2.30. The van der Waals surface area contributed by atoms with Crippen molar-refractivity contribution in [3.8, 4) is 17.0 Å². The highest BCUT2D eigenvalue weighted by atomic mass is 35.5. The smallest absolute Gasteiger partial charge is 0.141 e. The fraction of sp³-hybridized carbons (Fsp3) is 0.0909. The number of aromatic nitrogens is 2. The average Bonchev–Trinajstić information content (AvgIpc) is 2.30. The van der Waals surface area contributed by atoms with Crippen LogP contribution in [0, 0.1) is 0 Å². The minimum Gasteiger partial charge on any atom is -0.496 e. The van der Waals surface area contributed by atoms with Crippen LogP contribution in [0.3, 0.4) is 0 Å². The second kappa shape index (κ2) is 4.37. The maximum Gasteiger partial charge on any atom is 0.141 e. The van der Waals surface area contributed by atoms with Gasteiger partial charge in [0.25, 0.3) is 0 Å². The monoisotopic (exact) mass is 235 g/mol. The van der Waals surface area contributed by atoms with Gasteiger partial charge in [-0.2, -0.15) is 0 Å². The molecule has 2 rings (SSSR count). The van der Waals surface area contributed by atoms with E-state index in [9.17, 15) is 0 Å². The molecule has 0 spiro atoms. The van der Waals surface area contributed by atoms with Gasteiger partial charge in [0.1, 0.15) is 11.6 Å². The van der Waals surface area contributed by atoms with Gasteiger partial charge in [-0.1, -0.05) is 11.6 Å². The number of methoxy groups -OCH3 is 1. The van der Waals surface area contributed by atoms with Crippen molar-refractivity contribution in [2.45, 2.75) is 0 Å². The Balaban J connectivity index is 2.53. The van der Waals surface area contributed by atoms with Crippen molar-refractivity contribution >= 4 is 17.4 Å². The van der Waals surface area contributed by atoms with E-state index in [0.717, 1.165) is 5.56 Å². The van der Waals surface area contributed by atoms with Gasteiger partial charge in [-0.15, -0.1) is 0 Å². The van der Waals surface area contributed by atoms with Crippen LogP contribution < -0.4 is 10.5 Å². The van der Waals surface area contributed by atoms with Gasteiger partial charge in [0.2, 0.25) is 0 Å². The summed E-state index contributed by atoms with van der Waals surface area (Å²) in [7, 11) is 1.59. The van der Waals surface area contributed by atoms with E-state index in [0.29, 0.717) is 22.3 Å². The van der Waals surface area contributed by atoms with Crippen LogP contribution in [0.15, 0.2) is 30.6 Å². The third-order valence-corrected chi connectivity index (χ3v) is 2.34. The number of hydrogen-bond donors (Lipinski definition) is 1. The summed E-state index contributed by atoms with van der Waals surface area (Å²) >= 11 is 5.93. The number of nitrogens with zero attached hydrogens (tertiary/aromatic N) is 2. The second-order valence-electron chi connectivity index (χ2n) is 3.17. The summed E-state index contributed by atoms with van der Waals surface area (Å²) < 4.78 is 5.23. The molecule has 0 amide bonds. The molecule has 2 aromatic rings. The summed E-state index contributed by atoms with van der Waals surface area (Å²) in [4.78, 5) is 8.15. The minimum atomic E-state index is 0.379. The van der Waals surface area contributed by atoms with Crippen molar-refractivity contribution in [3.63, 3.8) is 0 Å². The molecule has 82 valence electrons. The Bertz CT molecular complexity index is 499. The third-order valence-electron chi connectivity index (χ3n) is 2.11. The molecular weight excluding hydrogens is 226 g/mol. The molecule has 0 unspecified atom stereocenters. The highest BCUT2D eigenvalue weighted by molar-refractivity contribution is 6.30. The molecule has 0 saturated carbocycles. The zero-order chi connectivity index (χ0) is 11.5. The summed E-state index contributed by atoms with van der Waals surface area (Å²) in [6.45, 7) is 0. The first-order valence-electron chi connectivity index (χ1n) is 4.62. The Morgan fingerprint density at radius 1 is 1.25 bits per heavy atom. The Hall–Kier alpha value is -1.81. The normalized spacial score (nSPS) is 10.1. The van der Waals surface area contributed by atoms with Crippen LogP contribution >= 0.6 is 11.6 Å². The Kier molecular flexibility index (Phi) is 2.92. The van der Waals surface area contributed by atoms with Crippen LogP contribution in [0.4, 0.5) is 5.82 Å². The predicted molar refractivity (Wildman–Crippen MR) is 63.4 cm³/mol. The molecule has 2 N–H and O–H groups in total. The van der Waals surface area contributed by atoms with Crippen LogP contribution in [0.5, 0.6) is 5.75 Å². The zero-order valence-electron chi connectivity index (χ0n) is 8.64. The van der Waals surface area contributed by atoms with Crippen molar-refractivity contribution < 1.29 is 4.74 Å². The Labute approximate surface area is 98.0 Å². The lowest BCUT2D eigenvalue weighted by atomic mass is 10.1. The van der Waals surface area contributed by atoms with E-state index in [1.165, 1.54) is 6.20 Å². The van der Waals surface area contributed by atoms with Gasteiger partial charge in [0.15, 0.2) is 0 Å². The number of ether oxygens (including phenoxy) is 1. The van der Waals surface area contributed by atoms with Crippen LogP contribution in [0.1, 0.15) is 0 Å². The quantitative estimate of drug-likeness (QED) is 0.868. The first kappa shape index (κ1) is 10.7. The molecule has 0 atom stereocenters. The van der Waals surface area contributed by atoms with Crippen molar-refractivity contribution in [2.24, 2.45) is 0 Å². The van der Waals surface area contributed by atoms with Gasteiger partial charge in [-0.3, -0.25) is 4.98 Å². The van der Waals surface area contributed by atoms with Crippen molar-refractivity contribution in [1.82, 2.24) is 9.97 Å². The fourth-order valence-electron chi connectivity index (χ4n) is 1.36.